The standard InChI is InChI=1S/C7H9NO3/c9-6-4-3-8-2-1-5(4)11-7(6)10/h4-5,8H,1-3H2. The van der Waals surface area contributed by atoms with E-state index in [1.807, 2.05) is 0 Å². The zero-order valence-electron chi connectivity index (χ0n) is 6.00. The molecule has 2 atom stereocenters. The number of ketones is 1. The Balaban J connectivity index is 2.18. The topological polar surface area (TPSA) is 55.4 Å². The lowest BCUT2D eigenvalue weighted by Crippen LogP contribution is -2.40. The minimum absolute atomic E-state index is 0.142. The summed E-state index contributed by atoms with van der Waals surface area (Å²) in [6.45, 7) is 1.43. The first kappa shape index (κ1) is 6.79. The Morgan fingerprint density at radius 3 is 3.00 bits per heavy atom. The molecule has 2 saturated heterocycles. The van der Waals surface area contributed by atoms with Crippen molar-refractivity contribution in [2.45, 2.75) is 12.5 Å². The minimum atomic E-state index is -0.649. The average Bonchev–Trinajstić information content (AvgIpc) is 2.30. The van der Waals surface area contributed by atoms with E-state index in [1.165, 1.54) is 0 Å². The van der Waals surface area contributed by atoms with Gasteiger partial charge in [0.15, 0.2) is 0 Å². The Bertz CT molecular complexity index is 214. The number of hydrogen-bond donors (Lipinski definition) is 1. The van der Waals surface area contributed by atoms with E-state index in [0.717, 1.165) is 13.0 Å². The molecule has 0 aromatic heterocycles. The molecule has 2 aliphatic rings. The molecule has 0 aromatic rings. The number of ether oxygens (including phenoxy) is 1. The van der Waals surface area contributed by atoms with E-state index < -0.39 is 5.97 Å². The van der Waals surface area contributed by atoms with Crippen LogP contribution in [0.2, 0.25) is 0 Å². The maximum Gasteiger partial charge on any atom is 0.375 e. The molecule has 2 aliphatic heterocycles. The smallest absolute Gasteiger partial charge is 0.375 e. The number of piperidine rings is 1. The van der Waals surface area contributed by atoms with Gasteiger partial charge in [-0.3, -0.25) is 4.79 Å². The van der Waals surface area contributed by atoms with Crippen molar-refractivity contribution in [3.8, 4) is 0 Å². The summed E-state index contributed by atoms with van der Waals surface area (Å²) in [4.78, 5) is 21.8. The molecule has 4 heteroatoms. The second-order valence-electron chi connectivity index (χ2n) is 2.91. The van der Waals surface area contributed by atoms with Crippen LogP contribution in [0, 0.1) is 5.92 Å². The van der Waals surface area contributed by atoms with Crippen LogP contribution < -0.4 is 5.32 Å². The van der Waals surface area contributed by atoms with Crippen LogP contribution >= 0.6 is 0 Å². The molecule has 4 nitrogen and oxygen atoms in total. The molecule has 0 saturated carbocycles. The summed E-state index contributed by atoms with van der Waals surface area (Å²) in [6, 6.07) is 0. The molecule has 2 heterocycles. The van der Waals surface area contributed by atoms with Crippen LogP contribution in [0.4, 0.5) is 0 Å². The van der Waals surface area contributed by atoms with Crippen molar-refractivity contribution in [3.63, 3.8) is 0 Å². The fraction of sp³-hybridized carbons (Fsp3) is 0.714. The quantitative estimate of drug-likeness (QED) is 0.363. The Kier molecular flexibility index (Phi) is 1.42. The van der Waals surface area contributed by atoms with Crippen molar-refractivity contribution >= 4 is 11.8 Å². The summed E-state index contributed by atoms with van der Waals surface area (Å²) >= 11 is 0. The average molecular weight is 155 g/mol. The van der Waals surface area contributed by atoms with Crippen LogP contribution in [0.25, 0.3) is 0 Å². The predicted octanol–water partition coefficient (Wildman–Crippen LogP) is -0.910. The van der Waals surface area contributed by atoms with Crippen LogP contribution in [-0.4, -0.2) is 30.9 Å². The molecule has 60 valence electrons. The number of carbonyl (C=O) groups excluding carboxylic acids is 2. The van der Waals surface area contributed by atoms with Gasteiger partial charge in [0.2, 0.25) is 5.78 Å². The molecule has 0 amide bonds. The molecule has 0 spiro atoms. The summed E-state index contributed by atoms with van der Waals surface area (Å²) in [6.07, 6.45) is 0.624. The summed E-state index contributed by atoms with van der Waals surface area (Å²) in [5, 5.41) is 3.05. The zero-order valence-corrected chi connectivity index (χ0v) is 6.00. The second-order valence-corrected chi connectivity index (χ2v) is 2.91. The number of esters is 1. The third kappa shape index (κ3) is 0.939. The van der Waals surface area contributed by atoms with Gasteiger partial charge >= 0.3 is 5.97 Å². The Morgan fingerprint density at radius 2 is 2.27 bits per heavy atom. The maximum absolute atomic E-state index is 11.0. The van der Waals surface area contributed by atoms with Gasteiger partial charge in [-0.2, -0.15) is 0 Å². The van der Waals surface area contributed by atoms with Gasteiger partial charge in [0.05, 0.1) is 5.92 Å². The highest BCUT2D eigenvalue weighted by Gasteiger charge is 2.44. The largest absolute Gasteiger partial charge is 0.456 e. The minimum Gasteiger partial charge on any atom is -0.456 e. The van der Waals surface area contributed by atoms with Crippen molar-refractivity contribution in [2.75, 3.05) is 13.1 Å². The molecule has 11 heavy (non-hydrogen) atoms. The molecular weight excluding hydrogens is 146 g/mol. The van der Waals surface area contributed by atoms with Gasteiger partial charge in [0.25, 0.3) is 0 Å². The highest BCUT2D eigenvalue weighted by atomic mass is 16.6. The first-order valence-electron chi connectivity index (χ1n) is 3.74. The Hall–Kier alpha value is -0.900. The third-order valence-corrected chi connectivity index (χ3v) is 2.22. The van der Waals surface area contributed by atoms with Crippen molar-refractivity contribution in [1.29, 1.82) is 0 Å². The lowest BCUT2D eigenvalue weighted by Gasteiger charge is -2.21. The highest BCUT2D eigenvalue weighted by molar-refractivity contribution is 6.36. The first-order chi connectivity index (χ1) is 5.29. The van der Waals surface area contributed by atoms with Gasteiger partial charge in [-0.05, 0) is 13.0 Å². The van der Waals surface area contributed by atoms with E-state index in [9.17, 15) is 9.59 Å². The van der Waals surface area contributed by atoms with E-state index in [0.29, 0.717) is 6.54 Å². The monoisotopic (exact) mass is 155 g/mol. The zero-order chi connectivity index (χ0) is 7.84. The molecule has 0 aliphatic carbocycles. The van der Waals surface area contributed by atoms with E-state index in [2.05, 4.69) is 5.32 Å². The van der Waals surface area contributed by atoms with Crippen molar-refractivity contribution in [2.24, 2.45) is 5.92 Å². The van der Waals surface area contributed by atoms with E-state index in [4.69, 9.17) is 4.74 Å². The van der Waals surface area contributed by atoms with Crippen LogP contribution in [0.1, 0.15) is 6.42 Å². The van der Waals surface area contributed by atoms with Gasteiger partial charge in [-0.15, -0.1) is 0 Å². The number of rotatable bonds is 0. The van der Waals surface area contributed by atoms with Gasteiger partial charge < -0.3 is 10.1 Å². The molecule has 2 fully saturated rings. The molecule has 2 rings (SSSR count). The van der Waals surface area contributed by atoms with E-state index in [-0.39, 0.29) is 17.8 Å². The highest BCUT2D eigenvalue weighted by Crippen LogP contribution is 2.23. The fourth-order valence-electron chi connectivity index (χ4n) is 1.58. The molecule has 1 N–H and O–H groups in total. The van der Waals surface area contributed by atoms with Gasteiger partial charge in [0, 0.05) is 6.54 Å². The molecule has 2 unspecified atom stereocenters. The number of Topliss-reactive ketones (excluding diaryl/α,β-unsaturated/α-hetero) is 1. The van der Waals surface area contributed by atoms with Crippen molar-refractivity contribution in [3.05, 3.63) is 0 Å². The van der Waals surface area contributed by atoms with Crippen molar-refractivity contribution in [1.82, 2.24) is 5.32 Å². The van der Waals surface area contributed by atoms with Gasteiger partial charge in [-0.25, -0.2) is 4.79 Å². The number of hydrogen-bond acceptors (Lipinski definition) is 4. The lowest BCUT2D eigenvalue weighted by atomic mass is 9.95. The summed E-state index contributed by atoms with van der Waals surface area (Å²) in [7, 11) is 0. The second kappa shape index (κ2) is 2.30. The lowest BCUT2D eigenvalue weighted by molar-refractivity contribution is -0.148. The number of nitrogens with one attached hydrogen (secondary N) is 1. The molecule has 0 aromatic carbocycles. The molecular formula is C7H9NO3. The normalized spacial score (nSPS) is 36.7. The van der Waals surface area contributed by atoms with E-state index >= 15 is 0 Å². The van der Waals surface area contributed by atoms with Crippen LogP contribution in [-0.2, 0) is 14.3 Å². The summed E-state index contributed by atoms with van der Waals surface area (Å²) in [5.41, 5.74) is 0. The van der Waals surface area contributed by atoms with Crippen LogP contribution in [0.5, 0.6) is 0 Å². The van der Waals surface area contributed by atoms with E-state index in [1.54, 1.807) is 0 Å². The Morgan fingerprint density at radius 1 is 1.45 bits per heavy atom. The van der Waals surface area contributed by atoms with Gasteiger partial charge in [-0.1, -0.05) is 0 Å². The number of fused-ring (bicyclic) bond motifs is 1. The SMILES string of the molecule is O=C1OC2CCNCC2C1=O. The first-order valence-corrected chi connectivity index (χ1v) is 3.74. The summed E-state index contributed by atoms with van der Waals surface area (Å²) < 4.78 is 4.85. The van der Waals surface area contributed by atoms with Gasteiger partial charge in [0.1, 0.15) is 6.10 Å². The number of carbonyl (C=O) groups is 2. The van der Waals surface area contributed by atoms with Crippen LogP contribution in [0.15, 0.2) is 0 Å². The Labute approximate surface area is 63.9 Å². The van der Waals surface area contributed by atoms with Crippen LogP contribution in [0.3, 0.4) is 0 Å². The predicted molar refractivity (Wildman–Crippen MR) is 35.9 cm³/mol. The van der Waals surface area contributed by atoms with Crippen molar-refractivity contribution < 1.29 is 14.3 Å². The summed E-state index contributed by atoms with van der Waals surface area (Å²) in [5.74, 6) is -1.22. The molecule has 0 bridgehead atoms. The third-order valence-electron chi connectivity index (χ3n) is 2.22. The fourth-order valence-corrected chi connectivity index (χ4v) is 1.58. The molecule has 0 radical (unpaired) electrons. The maximum atomic E-state index is 11.0.